The lowest BCUT2D eigenvalue weighted by molar-refractivity contribution is -0.123. The average molecular weight is 392 g/mol. The first-order chi connectivity index (χ1) is 13.8. The molecule has 4 rings (SSSR count). The van der Waals surface area contributed by atoms with Crippen molar-refractivity contribution in [2.75, 3.05) is 12.4 Å². The van der Waals surface area contributed by atoms with Crippen LogP contribution in [0.1, 0.15) is 18.0 Å². The molecular formula is C22H20N2O3S. The largest absolute Gasteiger partial charge is 0.484 e. The standard InChI is InChI=1S/C22H20N2O3S/c25-21(24-19-12-14-28-20-6-2-1-5-18(19)20)15-26-16-8-10-17(11-9-16)27-22-7-3-4-13-23-22/h1-11,13,19H,12,14-15H2,(H,24,25)/t19-/m0/s1. The first kappa shape index (κ1) is 18.4. The lowest BCUT2D eigenvalue weighted by Crippen LogP contribution is -2.34. The van der Waals surface area contributed by atoms with Gasteiger partial charge in [-0.1, -0.05) is 24.3 Å². The molecule has 1 N–H and O–H groups in total. The summed E-state index contributed by atoms with van der Waals surface area (Å²) in [5, 5.41) is 3.08. The number of carbonyl (C=O) groups is 1. The highest BCUT2D eigenvalue weighted by Crippen LogP contribution is 2.35. The zero-order valence-electron chi connectivity index (χ0n) is 15.2. The molecule has 0 fully saturated rings. The summed E-state index contributed by atoms with van der Waals surface area (Å²) in [6, 6.07) is 20.9. The molecule has 6 heteroatoms. The summed E-state index contributed by atoms with van der Waals surface area (Å²) in [4.78, 5) is 17.7. The Morgan fingerprint density at radius 2 is 1.82 bits per heavy atom. The number of ether oxygens (including phenoxy) is 2. The van der Waals surface area contributed by atoms with Crippen molar-refractivity contribution in [3.63, 3.8) is 0 Å². The van der Waals surface area contributed by atoms with Crippen molar-refractivity contribution in [3.05, 3.63) is 78.5 Å². The smallest absolute Gasteiger partial charge is 0.258 e. The lowest BCUT2D eigenvalue weighted by atomic mass is 10.0. The number of carbonyl (C=O) groups excluding carboxylic acids is 1. The Morgan fingerprint density at radius 1 is 1.04 bits per heavy atom. The fraction of sp³-hybridized carbons (Fsp3) is 0.182. The van der Waals surface area contributed by atoms with E-state index in [1.165, 1.54) is 10.5 Å². The fourth-order valence-corrected chi connectivity index (χ4v) is 4.13. The summed E-state index contributed by atoms with van der Waals surface area (Å²) < 4.78 is 11.3. The van der Waals surface area contributed by atoms with E-state index in [2.05, 4.69) is 22.4 Å². The maximum absolute atomic E-state index is 12.3. The molecule has 1 atom stereocenters. The van der Waals surface area contributed by atoms with E-state index in [0.717, 1.165) is 12.2 Å². The summed E-state index contributed by atoms with van der Waals surface area (Å²) in [6.07, 6.45) is 2.60. The van der Waals surface area contributed by atoms with Crippen LogP contribution in [0.15, 0.2) is 77.8 Å². The van der Waals surface area contributed by atoms with Gasteiger partial charge in [0.25, 0.3) is 5.91 Å². The zero-order chi connectivity index (χ0) is 19.2. The van der Waals surface area contributed by atoms with Gasteiger partial charge in [0.2, 0.25) is 5.88 Å². The molecule has 1 aromatic heterocycles. The van der Waals surface area contributed by atoms with Gasteiger partial charge in [-0.25, -0.2) is 4.98 Å². The topological polar surface area (TPSA) is 60.5 Å². The third-order valence-electron chi connectivity index (χ3n) is 4.35. The van der Waals surface area contributed by atoms with Crippen molar-refractivity contribution < 1.29 is 14.3 Å². The van der Waals surface area contributed by atoms with E-state index in [0.29, 0.717) is 17.4 Å². The van der Waals surface area contributed by atoms with Crippen LogP contribution in [0.5, 0.6) is 17.4 Å². The van der Waals surface area contributed by atoms with Crippen molar-refractivity contribution in [3.8, 4) is 17.4 Å². The Labute approximate surface area is 168 Å². The van der Waals surface area contributed by atoms with Crippen LogP contribution in [0.2, 0.25) is 0 Å². The highest BCUT2D eigenvalue weighted by atomic mass is 32.2. The number of aromatic nitrogens is 1. The molecule has 142 valence electrons. The maximum atomic E-state index is 12.3. The average Bonchev–Trinajstić information content (AvgIpc) is 2.74. The molecule has 0 radical (unpaired) electrons. The van der Waals surface area contributed by atoms with Crippen LogP contribution in [0.25, 0.3) is 0 Å². The molecule has 5 nitrogen and oxygen atoms in total. The molecule has 0 bridgehead atoms. The number of hydrogen-bond donors (Lipinski definition) is 1. The Balaban J connectivity index is 1.29. The zero-order valence-corrected chi connectivity index (χ0v) is 16.0. The van der Waals surface area contributed by atoms with Gasteiger partial charge in [0.15, 0.2) is 6.61 Å². The summed E-state index contributed by atoms with van der Waals surface area (Å²) in [5.41, 5.74) is 1.18. The fourth-order valence-electron chi connectivity index (χ4n) is 3.01. The quantitative estimate of drug-likeness (QED) is 0.664. The summed E-state index contributed by atoms with van der Waals surface area (Å²) in [7, 11) is 0. The van der Waals surface area contributed by atoms with Crippen LogP contribution in [0.3, 0.4) is 0 Å². The molecule has 2 heterocycles. The molecule has 0 spiro atoms. The Hall–Kier alpha value is -2.99. The van der Waals surface area contributed by atoms with E-state index in [4.69, 9.17) is 9.47 Å². The van der Waals surface area contributed by atoms with Crippen molar-refractivity contribution in [2.45, 2.75) is 17.4 Å². The van der Waals surface area contributed by atoms with Gasteiger partial charge >= 0.3 is 0 Å². The van der Waals surface area contributed by atoms with Crippen molar-refractivity contribution in [1.82, 2.24) is 10.3 Å². The van der Waals surface area contributed by atoms with Gasteiger partial charge in [-0.3, -0.25) is 4.79 Å². The van der Waals surface area contributed by atoms with Gasteiger partial charge in [-0.2, -0.15) is 0 Å². The molecule has 0 aliphatic carbocycles. The third kappa shape index (κ3) is 4.64. The molecule has 2 aromatic carbocycles. The highest BCUT2D eigenvalue weighted by molar-refractivity contribution is 7.99. The molecule has 1 amide bonds. The second-order valence-corrected chi connectivity index (χ2v) is 7.46. The van der Waals surface area contributed by atoms with E-state index in [1.807, 2.05) is 36.0 Å². The van der Waals surface area contributed by atoms with Crippen molar-refractivity contribution in [1.29, 1.82) is 0 Å². The summed E-state index contributed by atoms with van der Waals surface area (Å²) in [5.74, 6) is 2.68. The number of amides is 1. The van der Waals surface area contributed by atoms with E-state index in [9.17, 15) is 4.79 Å². The van der Waals surface area contributed by atoms with E-state index in [-0.39, 0.29) is 18.6 Å². The third-order valence-corrected chi connectivity index (χ3v) is 5.47. The summed E-state index contributed by atoms with van der Waals surface area (Å²) >= 11 is 1.83. The van der Waals surface area contributed by atoms with Crippen LogP contribution >= 0.6 is 11.8 Å². The SMILES string of the molecule is O=C(COc1ccc(Oc2ccccn2)cc1)N[C@H]1CCSc2ccccc21. The Bertz CT molecular complexity index is 932. The monoisotopic (exact) mass is 392 g/mol. The predicted octanol–water partition coefficient (Wildman–Crippen LogP) is 4.61. The second-order valence-electron chi connectivity index (χ2n) is 6.33. The number of nitrogens with zero attached hydrogens (tertiary/aromatic N) is 1. The molecule has 0 saturated carbocycles. The second kappa shape index (κ2) is 8.80. The molecule has 0 unspecified atom stereocenters. The molecular weight excluding hydrogens is 372 g/mol. The van der Waals surface area contributed by atoms with Crippen molar-refractivity contribution >= 4 is 17.7 Å². The van der Waals surface area contributed by atoms with Crippen LogP contribution < -0.4 is 14.8 Å². The summed E-state index contributed by atoms with van der Waals surface area (Å²) in [6.45, 7) is -0.0216. The predicted molar refractivity (Wildman–Crippen MR) is 109 cm³/mol. The van der Waals surface area contributed by atoms with Gasteiger partial charge in [0, 0.05) is 22.9 Å². The molecule has 1 aliphatic rings. The van der Waals surface area contributed by atoms with Gasteiger partial charge < -0.3 is 14.8 Å². The van der Waals surface area contributed by atoms with Crippen LogP contribution in [-0.2, 0) is 4.79 Å². The number of nitrogens with one attached hydrogen (secondary N) is 1. The molecule has 0 saturated heterocycles. The number of rotatable bonds is 6. The molecule has 1 aliphatic heterocycles. The first-order valence-electron chi connectivity index (χ1n) is 9.11. The molecule has 3 aromatic rings. The lowest BCUT2D eigenvalue weighted by Gasteiger charge is -2.25. The number of thioether (sulfide) groups is 1. The van der Waals surface area contributed by atoms with E-state index >= 15 is 0 Å². The van der Waals surface area contributed by atoms with Crippen LogP contribution in [-0.4, -0.2) is 23.3 Å². The Kier molecular flexibility index (Phi) is 5.77. The number of pyridine rings is 1. The van der Waals surface area contributed by atoms with Gasteiger partial charge in [-0.05, 0) is 48.4 Å². The number of benzene rings is 2. The van der Waals surface area contributed by atoms with Gasteiger partial charge in [-0.15, -0.1) is 11.8 Å². The normalized spacial score (nSPS) is 15.4. The minimum Gasteiger partial charge on any atom is -0.484 e. The van der Waals surface area contributed by atoms with E-state index in [1.54, 1.807) is 36.5 Å². The van der Waals surface area contributed by atoms with Crippen molar-refractivity contribution in [2.24, 2.45) is 0 Å². The van der Waals surface area contributed by atoms with Crippen LogP contribution in [0, 0.1) is 0 Å². The minimum atomic E-state index is -0.125. The number of hydrogen-bond acceptors (Lipinski definition) is 5. The van der Waals surface area contributed by atoms with Gasteiger partial charge in [0.1, 0.15) is 11.5 Å². The van der Waals surface area contributed by atoms with Gasteiger partial charge in [0.05, 0.1) is 6.04 Å². The maximum Gasteiger partial charge on any atom is 0.258 e. The first-order valence-corrected chi connectivity index (χ1v) is 10.1. The molecule has 28 heavy (non-hydrogen) atoms. The Morgan fingerprint density at radius 3 is 2.64 bits per heavy atom. The highest BCUT2D eigenvalue weighted by Gasteiger charge is 2.21. The number of fused-ring (bicyclic) bond motifs is 1. The van der Waals surface area contributed by atoms with E-state index < -0.39 is 0 Å². The minimum absolute atomic E-state index is 0.0216. The van der Waals surface area contributed by atoms with Crippen LogP contribution in [0.4, 0.5) is 0 Å².